The smallest absolute Gasteiger partial charge is 0.191 e. The maximum absolute atomic E-state index is 13.0. The molecule has 0 spiro atoms. The number of ether oxygens (including phenoxy) is 1. The highest BCUT2D eigenvalue weighted by Gasteiger charge is 2.14. The van der Waals surface area contributed by atoms with Crippen molar-refractivity contribution in [2.45, 2.75) is 0 Å². The molecule has 1 aromatic carbocycles. The molecule has 0 aliphatic rings. The van der Waals surface area contributed by atoms with E-state index in [1.165, 1.54) is 7.11 Å². The van der Waals surface area contributed by atoms with E-state index in [2.05, 4.69) is 4.74 Å². The third-order valence-electron chi connectivity index (χ3n) is 1.41. The van der Waals surface area contributed by atoms with E-state index >= 15 is 0 Å². The zero-order valence-corrected chi connectivity index (χ0v) is 7.02. The molecule has 0 amide bonds. The summed E-state index contributed by atoms with van der Waals surface area (Å²) in [6.45, 7) is 0. The van der Waals surface area contributed by atoms with E-state index in [0.717, 1.165) is 6.07 Å². The van der Waals surface area contributed by atoms with Crippen molar-refractivity contribution in [3.05, 3.63) is 16.9 Å². The molecule has 0 bridgehead atoms. The predicted molar refractivity (Wildman–Crippen MR) is 44.0 cm³/mol. The van der Waals surface area contributed by atoms with Crippen molar-refractivity contribution in [1.82, 2.24) is 0 Å². The van der Waals surface area contributed by atoms with Crippen molar-refractivity contribution < 1.29 is 14.2 Å². The van der Waals surface area contributed by atoms with Gasteiger partial charge in [0.1, 0.15) is 5.69 Å². The lowest BCUT2D eigenvalue weighted by Crippen LogP contribution is -1.95. The van der Waals surface area contributed by atoms with Crippen molar-refractivity contribution in [1.29, 1.82) is 0 Å². The van der Waals surface area contributed by atoms with Gasteiger partial charge in [0.2, 0.25) is 0 Å². The molecule has 0 aromatic heterocycles. The number of hydrogen-bond acceptors (Lipinski definition) is 3. The van der Waals surface area contributed by atoms with Gasteiger partial charge in [-0.3, -0.25) is 0 Å². The molecule has 3 nitrogen and oxygen atoms in total. The number of rotatable bonds is 1. The van der Waals surface area contributed by atoms with E-state index in [4.69, 9.17) is 22.4 Å². The minimum atomic E-state index is -0.806. The summed E-state index contributed by atoms with van der Waals surface area (Å²) in [5.41, 5.74) is 4.77. The van der Waals surface area contributed by atoms with Gasteiger partial charge in [0.15, 0.2) is 17.3 Å². The number of methoxy groups -OCH3 is 1. The number of aromatic hydroxyl groups is 1. The van der Waals surface area contributed by atoms with Gasteiger partial charge in [0.25, 0.3) is 0 Å². The molecule has 0 saturated heterocycles. The van der Waals surface area contributed by atoms with Gasteiger partial charge in [-0.1, -0.05) is 11.6 Å². The molecule has 12 heavy (non-hydrogen) atoms. The van der Waals surface area contributed by atoms with Crippen LogP contribution in [0.4, 0.5) is 10.1 Å². The molecule has 3 N–H and O–H groups in total. The van der Waals surface area contributed by atoms with Crippen LogP contribution < -0.4 is 10.5 Å². The van der Waals surface area contributed by atoms with Crippen LogP contribution in [0.25, 0.3) is 0 Å². The second kappa shape index (κ2) is 3.06. The molecule has 0 atom stereocenters. The fourth-order valence-corrected chi connectivity index (χ4v) is 0.962. The highest BCUT2D eigenvalue weighted by molar-refractivity contribution is 6.32. The maximum atomic E-state index is 13.0. The molecular formula is C7H7ClFNO2. The summed E-state index contributed by atoms with van der Waals surface area (Å²) in [6.07, 6.45) is 0. The van der Waals surface area contributed by atoms with Gasteiger partial charge in [0, 0.05) is 6.07 Å². The monoisotopic (exact) mass is 191 g/mol. The topological polar surface area (TPSA) is 55.5 Å². The predicted octanol–water partition coefficient (Wildman–Crippen LogP) is 1.78. The fraction of sp³-hybridized carbons (Fsp3) is 0.143. The number of phenolic OH excluding ortho intramolecular Hbond substituents is 1. The first-order chi connectivity index (χ1) is 5.57. The lowest BCUT2D eigenvalue weighted by Gasteiger charge is -2.06. The van der Waals surface area contributed by atoms with Crippen LogP contribution >= 0.6 is 11.6 Å². The SMILES string of the molecule is COc1cc(Cl)c(O)c(N)c1F. The Labute approximate surface area is 73.5 Å². The molecule has 1 rings (SSSR count). The van der Waals surface area contributed by atoms with Crippen molar-refractivity contribution in [3.8, 4) is 11.5 Å². The Bertz CT molecular complexity index is 317. The summed E-state index contributed by atoms with van der Waals surface area (Å²) in [5.74, 6) is -1.36. The largest absolute Gasteiger partial charge is 0.504 e. The van der Waals surface area contributed by atoms with Crippen LogP contribution in [0, 0.1) is 5.82 Å². The number of nitrogen functional groups attached to an aromatic ring is 1. The van der Waals surface area contributed by atoms with Gasteiger partial charge in [-0.2, -0.15) is 0 Å². The van der Waals surface area contributed by atoms with E-state index in [1.54, 1.807) is 0 Å². The maximum Gasteiger partial charge on any atom is 0.191 e. The molecule has 0 aliphatic heterocycles. The molecule has 0 fully saturated rings. The molecule has 0 saturated carbocycles. The molecule has 1 aromatic rings. The lowest BCUT2D eigenvalue weighted by atomic mass is 10.2. The molecule has 0 unspecified atom stereocenters. The van der Waals surface area contributed by atoms with Crippen LogP contribution in [0.2, 0.25) is 5.02 Å². The molecule has 0 heterocycles. The van der Waals surface area contributed by atoms with Crippen LogP contribution in [0.3, 0.4) is 0 Å². The summed E-state index contributed by atoms with van der Waals surface area (Å²) in [7, 11) is 1.28. The molecular weight excluding hydrogens is 185 g/mol. The minimum Gasteiger partial charge on any atom is -0.504 e. The van der Waals surface area contributed by atoms with Crippen LogP contribution in [0.1, 0.15) is 0 Å². The van der Waals surface area contributed by atoms with Crippen LogP contribution in [0.15, 0.2) is 6.07 Å². The first kappa shape index (κ1) is 8.93. The minimum absolute atomic E-state index is 0.0363. The average Bonchev–Trinajstić information content (AvgIpc) is 2.08. The second-order valence-corrected chi connectivity index (χ2v) is 2.54. The third kappa shape index (κ3) is 1.25. The quantitative estimate of drug-likeness (QED) is 0.526. The number of benzene rings is 1. The first-order valence-electron chi connectivity index (χ1n) is 3.08. The second-order valence-electron chi connectivity index (χ2n) is 2.14. The number of phenols is 1. The molecule has 0 radical (unpaired) electrons. The number of anilines is 1. The van der Waals surface area contributed by atoms with Gasteiger partial charge < -0.3 is 15.6 Å². The van der Waals surface area contributed by atoms with E-state index < -0.39 is 17.3 Å². The van der Waals surface area contributed by atoms with Gasteiger partial charge in [0.05, 0.1) is 12.1 Å². The van der Waals surface area contributed by atoms with Crippen molar-refractivity contribution >= 4 is 17.3 Å². The molecule has 5 heteroatoms. The molecule has 0 aliphatic carbocycles. The molecule has 66 valence electrons. The van der Waals surface area contributed by atoms with Crippen molar-refractivity contribution in [3.63, 3.8) is 0 Å². The Kier molecular flexibility index (Phi) is 2.28. The standard InChI is InChI=1S/C7H7ClFNO2/c1-12-4-2-3(8)7(11)6(10)5(4)9/h2,11H,10H2,1H3. The summed E-state index contributed by atoms with van der Waals surface area (Å²) >= 11 is 5.49. The van der Waals surface area contributed by atoms with E-state index in [1.807, 2.05) is 0 Å². The Hall–Kier alpha value is -1.16. The average molecular weight is 192 g/mol. The van der Waals surface area contributed by atoms with Crippen LogP contribution in [-0.4, -0.2) is 12.2 Å². The van der Waals surface area contributed by atoms with Crippen LogP contribution in [0.5, 0.6) is 11.5 Å². The van der Waals surface area contributed by atoms with Gasteiger partial charge in [-0.15, -0.1) is 0 Å². The summed E-state index contributed by atoms with van der Waals surface area (Å²) in [4.78, 5) is 0. The zero-order valence-electron chi connectivity index (χ0n) is 6.27. The zero-order chi connectivity index (χ0) is 9.30. The summed E-state index contributed by atoms with van der Waals surface area (Å²) in [6, 6.07) is 1.16. The Morgan fingerprint density at radius 1 is 1.67 bits per heavy atom. The Balaban J connectivity index is 3.39. The summed E-state index contributed by atoms with van der Waals surface area (Å²) < 4.78 is 17.6. The van der Waals surface area contributed by atoms with E-state index in [0.29, 0.717) is 0 Å². The highest BCUT2D eigenvalue weighted by atomic mass is 35.5. The number of hydrogen-bond donors (Lipinski definition) is 2. The third-order valence-corrected chi connectivity index (χ3v) is 1.70. The van der Waals surface area contributed by atoms with Gasteiger partial charge >= 0.3 is 0 Å². The normalized spacial score (nSPS) is 9.92. The van der Waals surface area contributed by atoms with E-state index in [9.17, 15) is 4.39 Å². The van der Waals surface area contributed by atoms with Crippen molar-refractivity contribution in [2.24, 2.45) is 0 Å². The summed E-state index contributed by atoms with van der Waals surface area (Å²) in [5, 5.41) is 9.02. The lowest BCUT2D eigenvalue weighted by molar-refractivity contribution is 0.384. The Morgan fingerprint density at radius 3 is 2.75 bits per heavy atom. The Morgan fingerprint density at radius 2 is 2.25 bits per heavy atom. The highest BCUT2D eigenvalue weighted by Crippen LogP contribution is 2.37. The van der Waals surface area contributed by atoms with Gasteiger partial charge in [-0.25, -0.2) is 4.39 Å². The van der Waals surface area contributed by atoms with Crippen molar-refractivity contribution in [2.75, 3.05) is 12.8 Å². The first-order valence-corrected chi connectivity index (χ1v) is 3.46. The van der Waals surface area contributed by atoms with Crippen LogP contribution in [-0.2, 0) is 0 Å². The number of halogens is 2. The van der Waals surface area contributed by atoms with Gasteiger partial charge in [-0.05, 0) is 0 Å². The fourth-order valence-electron chi connectivity index (χ4n) is 0.761. The van der Waals surface area contributed by atoms with E-state index in [-0.39, 0.29) is 10.8 Å². The number of nitrogens with two attached hydrogens (primary N) is 1.